The largest absolute Gasteiger partial charge is 0.355 e. The highest BCUT2D eigenvalue weighted by molar-refractivity contribution is 14.0. The third kappa shape index (κ3) is 11.5. The fourth-order valence-electron chi connectivity index (χ4n) is 1.82. The average Bonchev–Trinajstić information content (AvgIpc) is 2.36. The monoisotopic (exact) mass is 430 g/mol. The van der Waals surface area contributed by atoms with Gasteiger partial charge in [-0.3, -0.25) is 4.99 Å². The number of hydrogen-bond acceptors (Lipinski definition) is 3. The molecule has 21 heavy (non-hydrogen) atoms. The summed E-state index contributed by atoms with van der Waals surface area (Å²) in [5, 5.41) is 6.85. The van der Waals surface area contributed by atoms with Crippen LogP contribution >= 0.6 is 35.7 Å². The van der Waals surface area contributed by atoms with Gasteiger partial charge < -0.3 is 15.5 Å². The molecule has 1 unspecified atom stereocenters. The van der Waals surface area contributed by atoms with E-state index < -0.39 is 0 Å². The van der Waals surface area contributed by atoms with Crippen LogP contribution < -0.4 is 10.6 Å². The van der Waals surface area contributed by atoms with Crippen molar-refractivity contribution in [2.24, 2.45) is 10.9 Å². The van der Waals surface area contributed by atoms with Gasteiger partial charge in [0.25, 0.3) is 0 Å². The van der Waals surface area contributed by atoms with Crippen LogP contribution in [0.25, 0.3) is 0 Å². The minimum Gasteiger partial charge on any atom is -0.355 e. The number of halogens is 1. The Kier molecular flexibility index (Phi) is 13.3. The van der Waals surface area contributed by atoms with Crippen molar-refractivity contribution in [1.29, 1.82) is 0 Å². The molecule has 0 fully saturated rings. The highest BCUT2D eigenvalue weighted by Gasteiger charge is 2.17. The fourth-order valence-corrected chi connectivity index (χ4v) is 2.04. The number of nitrogens with zero attached hydrogens (tertiary/aromatic N) is 2. The second-order valence-electron chi connectivity index (χ2n) is 6.52. The van der Waals surface area contributed by atoms with Crippen LogP contribution in [0.15, 0.2) is 4.99 Å². The van der Waals surface area contributed by atoms with Gasteiger partial charge in [0, 0.05) is 30.9 Å². The summed E-state index contributed by atoms with van der Waals surface area (Å²) in [6, 6.07) is 0.530. The van der Waals surface area contributed by atoms with Gasteiger partial charge in [-0.25, -0.2) is 0 Å². The molecule has 2 N–H and O–H groups in total. The molecule has 0 aromatic heterocycles. The first-order chi connectivity index (χ1) is 9.21. The quantitative estimate of drug-likeness (QED) is 0.353. The molecule has 6 heteroatoms. The normalized spacial score (nSPS) is 14.1. The van der Waals surface area contributed by atoms with E-state index in [0.717, 1.165) is 19.0 Å². The summed E-state index contributed by atoms with van der Waals surface area (Å²) in [6.45, 7) is 10.8. The maximum Gasteiger partial charge on any atom is 0.191 e. The lowest BCUT2D eigenvalue weighted by molar-refractivity contribution is 0.254. The van der Waals surface area contributed by atoms with Crippen molar-refractivity contribution in [3.63, 3.8) is 0 Å². The summed E-state index contributed by atoms with van der Waals surface area (Å²) in [7, 11) is 6.11. The summed E-state index contributed by atoms with van der Waals surface area (Å²) < 4.78 is 0.219. The van der Waals surface area contributed by atoms with Crippen molar-refractivity contribution in [2.75, 3.05) is 40.5 Å². The van der Waals surface area contributed by atoms with Gasteiger partial charge >= 0.3 is 0 Å². The molecule has 128 valence electrons. The molecule has 0 heterocycles. The van der Waals surface area contributed by atoms with Gasteiger partial charge in [-0.2, -0.15) is 11.8 Å². The molecule has 0 bridgehead atoms. The van der Waals surface area contributed by atoms with Gasteiger partial charge in [0.05, 0.1) is 0 Å². The van der Waals surface area contributed by atoms with E-state index in [2.05, 4.69) is 68.6 Å². The van der Waals surface area contributed by atoms with Crippen molar-refractivity contribution < 1.29 is 0 Å². The number of rotatable bonds is 8. The Labute approximate surface area is 153 Å². The minimum atomic E-state index is 0. The van der Waals surface area contributed by atoms with Gasteiger partial charge in [0.15, 0.2) is 5.96 Å². The Balaban J connectivity index is 0. The lowest BCUT2D eigenvalue weighted by atomic mass is 10.0. The van der Waals surface area contributed by atoms with E-state index >= 15 is 0 Å². The highest BCUT2D eigenvalue weighted by Crippen LogP contribution is 2.19. The Bertz CT molecular complexity index is 293. The SMILES string of the molecule is CN=C(NCC(CC(C)C)N(C)C)NCC(C)(C)SC.I. The van der Waals surface area contributed by atoms with E-state index in [1.807, 2.05) is 18.8 Å². The van der Waals surface area contributed by atoms with E-state index in [0.29, 0.717) is 12.0 Å². The van der Waals surface area contributed by atoms with Gasteiger partial charge in [0.1, 0.15) is 0 Å². The zero-order chi connectivity index (χ0) is 15.8. The number of hydrogen-bond donors (Lipinski definition) is 2. The first-order valence-electron chi connectivity index (χ1n) is 7.38. The van der Waals surface area contributed by atoms with E-state index in [9.17, 15) is 0 Å². The Morgan fingerprint density at radius 3 is 2.19 bits per heavy atom. The second-order valence-corrected chi connectivity index (χ2v) is 8.03. The Morgan fingerprint density at radius 1 is 1.24 bits per heavy atom. The number of aliphatic imine (C=N–C) groups is 1. The van der Waals surface area contributed by atoms with Gasteiger partial charge in [-0.15, -0.1) is 24.0 Å². The molecule has 0 aliphatic heterocycles. The molecule has 0 saturated heterocycles. The first kappa shape index (κ1) is 23.6. The van der Waals surface area contributed by atoms with E-state index in [1.54, 1.807) is 0 Å². The molecule has 0 saturated carbocycles. The summed E-state index contributed by atoms with van der Waals surface area (Å²) in [5.41, 5.74) is 0. The number of likely N-dealkylation sites (N-methyl/N-ethyl adjacent to an activating group) is 1. The molecule has 0 aliphatic carbocycles. The molecule has 0 aliphatic rings. The Hall–Kier alpha value is 0.310. The van der Waals surface area contributed by atoms with E-state index in [-0.39, 0.29) is 28.7 Å². The first-order valence-corrected chi connectivity index (χ1v) is 8.60. The summed E-state index contributed by atoms with van der Waals surface area (Å²) in [4.78, 5) is 6.59. The van der Waals surface area contributed by atoms with E-state index in [4.69, 9.17) is 0 Å². The predicted octanol–water partition coefficient (Wildman–Crippen LogP) is 2.89. The fraction of sp³-hybridized carbons (Fsp3) is 0.933. The van der Waals surface area contributed by atoms with Gasteiger partial charge in [0.2, 0.25) is 0 Å². The minimum absolute atomic E-state index is 0. The average molecular weight is 430 g/mol. The van der Waals surface area contributed by atoms with Crippen molar-refractivity contribution in [3.05, 3.63) is 0 Å². The molecule has 0 radical (unpaired) electrons. The molecule has 0 spiro atoms. The Morgan fingerprint density at radius 2 is 1.81 bits per heavy atom. The van der Waals surface area contributed by atoms with Crippen LogP contribution in [0.2, 0.25) is 0 Å². The van der Waals surface area contributed by atoms with E-state index in [1.165, 1.54) is 6.42 Å². The predicted molar refractivity (Wildman–Crippen MR) is 109 cm³/mol. The molecule has 0 aromatic rings. The highest BCUT2D eigenvalue weighted by atomic mass is 127. The van der Waals surface area contributed by atoms with Crippen LogP contribution in [-0.4, -0.2) is 62.1 Å². The third-order valence-corrected chi connectivity index (χ3v) is 4.69. The standard InChI is InChI=1S/C15H34N4S.HI/c1-12(2)9-13(19(6)7)10-17-14(16-5)18-11-15(3,4)20-8;/h12-13H,9-11H2,1-8H3,(H2,16,17,18);1H. The number of thioether (sulfide) groups is 1. The van der Waals surface area contributed by atoms with Crippen LogP contribution in [0.1, 0.15) is 34.1 Å². The molecular weight excluding hydrogens is 395 g/mol. The maximum absolute atomic E-state index is 4.30. The zero-order valence-electron chi connectivity index (χ0n) is 15.0. The molecule has 1 atom stereocenters. The smallest absolute Gasteiger partial charge is 0.191 e. The number of nitrogens with one attached hydrogen (secondary N) is 2. The number of guanidine groups is 1. The van der Waals surface area contributed by atoms with Crippen LogP contribution in [0.5, 0.6) is 0 Å². The van der Waals surface area contributed by atoms with Crippen molar-refractivity contribution >= 4 is 41.7 Å². The third-order valence-electron chi connectivity index (χ3n) is 3.44. The van der Waals surface area contributed by atoms with Crippen molar-refractivity contribution in [2.45, 2.75) is 44.9 Å². The molecular formula is C15H35IN4S. The second kappa shape index (κ2) is 11.8. The van der Waals surface area contributed by atoms with Gasteiger partial charge in [-0.1, -0.05) is 13.8 Å². The molecule has 4 nitrogen and oxygen atoms in total. The van der Waals surface area contributed by atoms with Crippen molar-refractivity contribution in [3.8, 4) is 0 Å². The lowest BCUT2D eigenvalue weighted by Crippen LogP contribution is -2.48. The lowest BCUT2D eigenvalue weighted by Gasteiger charge is -2.28. The zero-order valence-corrected chi connectivity index (χ0v) is 18.1. The van der Waals surface area contributed by atoms with Crippen molar-refractivity contribution in [1.82, 2.24) is 15.5 Å². The maximum atomic E-state index is 4.30. The summed E-state index contributed by atoms with van der Waals surface area (Å²) >= 11 is 1.86. The molecule has 0 rings (SSSR count). The van der Waals surface area contributed by atoms with Gasteiger partial charge in [-0.05, 0) is 46.5 Å². The summed E-state index contributed by atoms with van der Waals surface area (Å²) in [6.07, 6.45) is 3.33. The topological polar surface area (TPSA) is 39.7 Å². The van der Waals surface area contributed by atoms with Crippen LogP contribution in [0.3, 0.4) is 0 Å². The molecule has 0 aromatic carbocycles. The van der Waals surface area contributed by atoms with Crippen LogP contribution in [0, 0.1) is 5.92 Å². The molecule has 0 amide bonds. The van der Waals surface area contributed by atoms with Crippen LogP contribution in [-0.2, 0) is 0 Å². The van der Waals surface area contributed by atoms with Crippen LogP contribution in [0.4, 0.5) is 0 Å². The summed E-state index contributed by atoms with van der Waals surface area (Å²) in [5.74, 6) is 1.59.